The van der Waals surface area contributed by atoms with E-state index in [2.05, 4.69) is 15.3 Å². The number of nitrogens with zero attached hydrogens (tertiary/aromatic N) is 2. The molecule has 0 aliphatic carbocycles. The number of amides is 1. The number of benzene rings is 2. The van der Waals surface area contributed by atoms with Crippen molar-refractivity contribution in [1.29, 1.82) is 0 Å². The number of fused-ring (bicyclic) bond motifs is 1. The van der Waals surface area contributed by atoms with E-state index in [4.69, 9.17) is 0 Å². The van der Waals surface area contributed by atoms with Gasteiger partial charge in [-0.1, -0.05) is 17.8 Å². The van der Waals surface area contributed by atoms with Crippen molar-refractivity contribution in [1.82, 2.24) is 19.9 Å². The summed E-state index contributed by atoms with van der Waals surface area (Å²) in [4.78, 5) is 32.9. The van der Waals surface area contributed by atoms with Crippen LogP contribution in [-0.2, 0) is 11.3 Å². The molecule has 0 unspecified atom stereocenters. The van der Waals surface area contributed by atoms with E-state index in [1.165, 1.54) is 34.9 Å². The fraction of sp³-hybridized carbons (Fsp3) is 0.136. The highest BCUT2D eigenvalue weighted by atomic mass is 32.2. The second-order valence-electron chi connectivity index (χ2n) is 7.03. The molecule has 0 aliphatic rings. The van der Waals surface area contributed by atoms with Crippen LogP contribution in [0.15, 0.2) is 58.5 Å². The van der Waals surface area contributed by atoms with E-state index in [0.29, 0.717) is 16.7 Å². The fourth-order valence-corrected chi connectivity index (χ4v) is 3.97. The molecule has 2 N–H and O–H groups in total. The van der Waals surface area contributed by atoms with E-state index in [9.17, 15) is 22.8 Å². The van der Waals surface area contributed by atoms with Gasteiger partial charge in [0.25, 0.3) is 5.56 Å². The average molecular weight is 458 g/mol. The standard InChI is InChI=1S/C22H17F3N4O2S/c1-12-8-18-20(27-12)21(31)29(16-6-4-14(23)5-7-16)22(28-18)32-11-19(30)26-10-13-2-3-15(24)9-17(13)25/h2-9,27H,10-11H2,1H3,(H,26,30). The number of nitrogens with one attached hydrogen (secondary N) is 2. The van der Waals surface area contributed by atoms with E-state index in [-0.39, 0.29) is 28.6 Å². The largest absolute Gasteiger partial charge is 0.353 e. The van der Waals surface area contributed by atoms with Gasteiger partial charge in [0.15, 0.2) is 5.16 Å². The molecule has 1 amide bonds. The van der Waals surface area contributed by atoms with Crippen LogP contribution in [0.3, 0.4) is 0 Å². The number of aromatic nitrogens is 3. The Labute approximate surface area is 184 Å². The Hall–Kier alpha value is -3.53. The predicted molar refractivity (Wildman–Crippen MR) is 115 cm³/mol. The number of rotatable bonds is 6. The molecule has 32 heavy (non-hydrogen) atoms. The van der Waals surface area contributed by atoms with E-state index in [0.717, 1.165) is 29.6 Å². The smallest absolute Gasteiger partial charge is 0.283 e. The Balaban J connectivity index is 1.57. The normalized spacial score (nSPS) is 11.1. The van der Waals surface area contributed by atoms with Crippen molar-refractivity contribution in [2.75, 3.05) is 5.75 Å². The molecule has 6 nitrogen and oxygen atoms in total. The van der Waals surface area contributed by atoms with Gasteiger partial charge >= 0.3 is 0 Å². The molecule has 0 bridgehead atoms. The molecule has 0 saturated heterocycles. The molecular formula is C22H17F3N4O2S. The average Bonchev–Trinajstić information content (AvgIpc) is 3.13. The van der Waals surface area contributed by atoms with E-state index < -0.39 is 23.4 Å². The number of H-pyrrole nitrogens is 1. The molecule has 2 aromatic heterocycles. The van der Waals surface area contributed by atoms with E-state index in [1.54, 1.807) is 13.0 Å². The summed E-state index contributed by atoms with van der Waals surface area (Å²) in [6.07, 6.45) is 0. The third kappa shape index (κ3) is 4.54. The van der Waals surface area contributed by atoms with Crippen molar-refractivity contribution >= 4 is 28.7 Å². The number of aromatic amines is 1. The minimum absolute atomic E-state index is 0.106. The molecule has 164 valence electrons. The second-order valence-corrected chi connectivity index (χ2v) is 7.97. The summed E-state index contributed by atoms with van der Waals surface area (Å²) in [5.41, 5.74) is 1.65. The van der Waals surface area contributed by atoms with Gasteiger partial charge in [0.2, 0.25) is 5.91 Å². The van der Waals surface area contributed by atoms with Crippen molar-refractivity contribution < 1.29 is 18.0 Å². The third-order valence-corrected chi connectivity index (χ3v) is 5.60. The van der Waals surface area contributed by atoms with Gasteiger partial charge in [0, 0.05) is 23.9 Å². The monoisotopic (exact) mass is 458 g/mol. The highest BCUT2D eigenvalue weighted by molar-refractivity contribution is 7.99. The molecule has 0 aliphatic heterocycles. The van der Waals surface area contributed by atoms with Crippen LogP contribution in [-0.4, -0.2) is 26.2 Å². The van der Waals surface area contributed by atoms with Crippen LogP contribution in [0.4, 0.5) is 13.2 Å². The third-order valence-electron chi connectivity index (χ3n) is 4.66. The summed E-state index contributed by atoms with van der Waals surface area (Å²) >= 11 is 1.01. The summed E-state index contributed by atoms with van der Waals surface area (Å²) in [6, 6.07) is 10.2. The lowest BCUT2D eigenvalue weighted by molar-refractivity contribution is -0.118. The summed E-state index contributed by atoms with van der Waals surface area (Å²) in [7, 11) is 0. The Bertz CT molecular complexity index is 1370. The van der Waals surface area contributed by atoms with Crippen LogP contribution < -0.4 is 10.9 Å². The lowest BCUT2D eigenvalue weighted by Gasteiger charge is -2.12. The minimum atomic E-state index is -0.752. The number of aryl methyl sites for hydroxylation is 1. The highest BCUT2D eigenvalue weighted by Gasteiger charge is 2.16. The van der Waals surface area contributed by atoms with Gasteiger partial charge in [0.1, 0.15) is 23.0 Å². The van der Waals surface area contributed by atoms with Crippen molar-refractivity contribution in [2.45, 2.75) is 18.6 Å². The first-order valence-corrected chi connectivity index (χ1v) is 10.5. The zero-order chi connectivity index (χ0) is 22.8. The van der Waals surface area contributed by atoms with Gasteiger partial charge in [-0.15, -0.1) is 0 Å². The van der Waals surface area contributed by atoms with Crippen LogP contribution in [0.25, 0.3) is 16.7 Å². The quantitative estimate of drug-likeness (QED) is 0.340. The maximum atomic E-state index is 13.7. The molecule has 4 rings (SSSR count). The highest BCUT2D eigenvalue weighted by Crippen LogP contribution is 2.22. The van der Waals surface area contributed by atoms with Crippen LogP contribution in [0.1, 0.15) is 11.3 Å². The van der Waals surface area contributed by atoms with Crippen molar-refractivity contribution in [2.24, 2.45) is 0 Å². The van der Waals surface area contributed by atoms with Crippen LogP contribution in [0.2, 0.25) is 0 Å². The first-order valence-electron chi connectivity index (χ1n) is 9.53. The van der Waals surface area contributed by atoms with Crippen molar-refractivity contribution in [3.63, 3.8) is 0 Å². The van der Waals surface area contributed by atoms with Crippen LogP contribution >= 0.6 is 11.8 Å². The summed E-state index contributed by atoms with van der Waals surface area (Å²) in [5, 5.41) is 2.81. The summed E-state index contributed by atoms with van der Waals surface area (Å²) in [5.74, 6) is -2.44. The maximum absolute atomic E-state index is 13.7. The maximum Gasteiger partial charge on any atom is 0.283 e. The predicted octanol–water partition coefficient (Wildman–Crippen LogP) is 3.85. The molecule has 4 aromatic rings. The second kappa shape index (κ2) is 8.91. The molecule has 0 radical (unpaired) electrons. The van der Waals surface area contributed by atoms with Crippen molar-refractivity contribution in [3.8, 4) is 5.69 Å². The molecule has 0 fully saturated rings. The Kier molecular flexibility index (Phi) is 6.04. The van der Waals surface area contributed by atoms with Crippen molar-refractivity contribution in [3.05, 3.63) is 87.6 Å². The molecule has 0 spiro atoms. The SMILES string of the molecule is Cc1cc2nc(SCC(=O)NCc3ccc(F)cc3F)n(-c3ccc(F)cc3)c(=O)c2[nH]1. The molecule has 0 atom stereocenters. The number of carbonyl (C=O) groups excluding carboxylic acids is 1. The Morgan fingerprint density at radius 1 is 1.09 bits per heavy atom. The van der Waals surface area contributed by atoms with E-state index in [1.807, 2.05) is 0 Å². The van der Waals surface area contributed by atoms with Gasteiger partial charge in [-0.05, 0) is 43.3 Å². The van der Waals surface area contributed by atoms with Gasteiger partial charge in [-0.3, -0.25) is 14.2 Å². The number of hydrogen-bond acceptors (Lipinski definition) is 4. The minimum Gasteiger partial charge on any atom is -0.353 e. The number of halogens is 3. The first-order chi connectivity index (χ1) is 15.3. The number of hydrogen-bond donors (Lipinski definition) is 2. The fourth-order valence-electron chi connectivity index (χ4n) is 3.13. The molecular weight excluding hydrogens is 441 g/mol. The molecule has 10 heteroatoms. The summed E-state index contributed by atoms with van der Waals surface area (Å²) < 4.78 is 41.4. The number of thioether (sulfide) groups is 1. The zero-order valence-corrected chi connectivity index (χ0v) is 17.6. The van der Waals surface area contributed by atoms with Gasteiger partial charge in [-0.25, -0.2) is 18.2 Å². The Morgan fingerprint density at radius 3 is 2.53 bits per heavy atom. The van der Waals surface area contributed by atoms with Crippen LogP contribution in [0.5, 0.6) is 0 Å². The van der Waals surface area contributed by atoms with E-state index >= 15 is 0 Å². The Morgan fingerprint density at radius 2 is 1.81 bits per heavy atom. The van der Waals surface area contributed by atoms with Gasteiger partial charge < -0.3 is 10.3 Å². The lowest BCUT2D eigenvalue weighted by Crippen LogP contribution is -2.26. The lowest BCUT2D eigenvalue weighted by atomic mass is 10.2. The van der Waals surface area contributed by atoms with Gasteiger partial charge in [-0.2, -0.15) is 0 Å². The molecule has 2 heterocycles. The summed E-state index contributed by atoms with van der Waals surface area (Å²) in [6.45, 7) is 1.68. The molecule has 2 aromatic carbocycles. The first kappa shape index (κ1) is 21.7. The topological polar surface area (TPSA) is 79.8 Å². The van der Waals surface area contributed by atoms with Gasteiger partial charge in [0.05, 0.1) is 17.0 Å². The number of carbonyl (C=O) groups is 1. The zero-order valence-electron chi connectivity index (χ0n) is 16.8. The van der Waals surface area contributed by atoms with Crippen LogP contribution in [0, 0.1) is 24.4 Å². The molecule has 0 saturated carbocycles.